The minimum absolute atomic E-state index is 0.0696. The lowest BCUT2D eigenvalue weighted by Crippen LogP contribution is -2.35. The van der Waals surface area contributed by atoms with Gasteiger partial charge >= 0.3 is 0 Å². The summed E-state index contributed by atoms with van der Waals surface area (Å²) in [7, 11) is 1.65. The molecular weight excluding hydrogens is 410 g/mol. The average Bonchev–Trinajstić information content (AvgIpc) is 3.29. The molecule has 31 heavy (non-hydrogen) atoms. The minimum atomic E-state index is -0.401. The van der Waals surface area contributed by atoms with Crippen LogP contribution in [0.3, 0.4) is 0 Å². The third-order valence-electron chi connectivity index (χ3n) is 5.32. The molecule has 3 heterocycles. The van der Waals surface area contributed by atoms with Crippen LogP contribution in [-0.2, 0) is 4.79 Å². The molecule has 0 atom stereocenters. The summed E-state index contributed by atoms with van der Waals surface area (Å²) in [5.74, 6) is 0.446. The first-order valence-electron chi connectivity index (χ1n) is 10.3. The molecule has 8 heteroatoms. The maximum absolute atomic E-state index is 12.7. The summed E-state index contributed by atoms with van der Waals surface area (Å²) in [6.45, 7) is 6.14. The molecule has 1 aromatic heterocycles. The molecule has 0 unspecified atom stereocenters. The highest BCUT2D eigenvalue weighted by molar-refractivity contribution is 8.26. The number of hydrazone groups is 1. The van der Waals surface area contributed by atoms with Crippen LogP contribution in [0.4, 0.5) is 0 Å². The number of carbonyl (C=O) groups is 1. The zero-order valence-corrected chi connectivity index (χ0v) is 18.9. The number of methoxy groups -OCH3 is 1. The van der Waals surface area contributed by atoms with Gasteiger partial charge in [-0.15, -0.1) is 0 Å². The maximum Gasteiger partial charge on any atom is 0.283 e. The van der Waals surface area contributed by atoms with Gasteiger partial charge in [0, 0.05) is 23.1 Å². The number of benzene rings is 1. The number of thioether (sulfide) groups is 1. The zero-order chi connectivity index (χ0) is 22.1. The van der Waals surface area contributed by atoms with Crippen molar-refractivity contribution in [2.75, 3.05) is 7.11 Å². The highest BCUT2D eigenvalue weighted by Crippen LogP contribution is 2.31. The Morgan fingerprint density at radius 2 is 2.06 bits per heavy atom. The highest BCUT2D eigenvalue weighted by atomic mass is 32.2. The Bertz CT molecular complexity index is 1160. The van der Waals surface area contributed by atoms with Crippen molar-refractivity contribution in [3.05, 3.63) is 52.9 Å². The van der Waals surface area contributed by atoms with E-state index in [2.05, 4.69) is 21.6 Å². The van der Waals surface area contributed by atoms with Gasteiger partial charge in [0.2, 0.25) is 5.17 Å². The van der Waals surface area contributed by atoms with Gasteiger partial charge in [-0.1, -0.05) is 19.4 Å². The zero-order valence-electron chi connectivity index (χ0n) is 18.1. The van der Waals surface area contributed by atoms with Gasteiger partial charge in [0.15, 0.2) is 5.84 Å². The molecule has 0 fully saturated rings. The summed E-state index contributed by atoms with van der Waals surface area (Å²) in [4.78, 5) is 16.9. The van der Waals surface area contributed by atoms with Crippen LogP contribution in [0, 0.1) is 19.3 Å². The van der Waals surface area contributed by atoms with Gasteiger partial charge in [0.1, 0.15) is 10.8 Å². The molecule has 2 aliphatic rings. The number of ether oxygens (including phenoxy) is 1. The van der Waals surface area contributed by atoms with Gasteiger partial charge in [-0.25, -0.2) is 0 Å². The topological polar surface area (TPSA) is 83.0 Å². The van der Waals surface area contributed by atoms with Crippen LogP contribution < -0.4 is 4.74 Å². The molecule has 0 bridgehead atoms. The van der Waals surface area contributed by atoms with Crippen LogP contribution in [0.2, 0.25) is 0 Å². The standard InChI is InChI=1S/C23H25N5O2S/c1-5-6-10-20-26-28-21(24)19(22(29)25-23(28)31-20)12-16-11-14(2)27(15(16)3)17-8-7-9-18(13-17)30-4/h7-9,11-13,24H,5-6,10H2,1-4H3/b19-12+,24-21?. The number of nitrogens with one attached hydrogen (secondary N) is 1. The van der Waals surface area contributed by atoms with Crippen molar-refractivity contribution >= 4 is 39.8 Å². The van der Waals surface area contributed by atoms with Crippen LogP contribution in [0.1, 0.15) is 43.1 Å². The smallest absolute Gasteiger partial charge is 0.283 e. The van der Waals surface area contributed by atoms with Gasteiger partial charge in [0.25, 0.3) is 5.91 Å². The van der Waals surface area contributed by atoms with Crippen molar-refractivity contribution in [2.24, 2.45) is 10.1 Å². The average molecular weight is 436 g/mol. The fraction of sp³-hybridized carbons (Fsp3) is 0.304. The molecule has 2 aliphatic heterocycles. The Balaban J connectivity index is 1.69. The summed E-state index contributed by atoms with van der Waals surface area (Å²) < 4.78 is 7.46. The third-order valence-corrected chi connectivity index (χ3v) is 6.29. The third kappa shape index (κ3) is 3.95. The van der Waals surface area contributed by atoms with E-state index in [1.165, 1.54) is 16.8 Å². The van der Waals surface area contributed by atoms with Crippen LogP contribution in [0.15, 0.2) is 46.0 Å². The van der Waals surface area contributed by atoms with Crippen LogP contribution in [0.25, 0.3) is 11.8 Å². The van der Waals surface area contributed by atoms with Crippen LogP contribution in [-0.4, -0.2) is 38.6 Å². The largest absolute Gasteiger partial charge is 0.497 e. The molecule has 0 spiro atoms. The predicted octanol–water partition coefficient (Wildman–Crippen LogP) is 4.91. The Hall–Kier alpha value is -3.13. The van der Waals surface area contributed by atoms with Crippen molar-refractivity contribution < 1.29 is 9.53 Å². The van der Waals surface area contributed by atoms with Crippen molar-refractivity contribution in [3.8, 4) is 11.4 Å². The van der Waals surface area contributed by atoms with Crippen LogP contribution in [0.5, 0.6) is 5.75 Å². The Labute approximate surface area is 186 Å². The molecule has 4 rings (SSSR count). The number of hydrogen-bond acceptors (Lipinski definition) is 5. The number of unbranched alkanes of at least 4 members (excludes halogenated alkanes) is 1. The van der Waals surface area contributed by atoms with Crippen molar-refractivity contribution in [2.45, 2.75) is 40.0 Å². The molecular formula is C23H25N5O2S. The summed E-state index contributed by atoms with van der Waals surface area (Å²) in [5.41, 5.74) is 4.08. The predicted molar refractivity (Wildman–Crippen MR) is 126 cm³/mol. The van der Waals surface area contributed by atoms with E-state index >= 15 is 0 Å². The Morgan fingerprint density at radius 1 is 1.26 bits per heavy atom. The van der Waals surface area contributed by atoms with E-state index < -0.39 is 5.91 Å². The summed E-state index contributed by atoms with van der Waals surface area (Å²) in [6, 6.07) is 9.84. The Kier molecular flexibility index (Phi) is 5.82. The van der Waals surface area contributed by atoms with Gasteiger partial charge in [-0.2, -0.15) is 15.1 Å². The molecule has 1 N–H and O–H groups in total. The van der Waals surface area contributed by atoms with E-state index in [-0.39, 0.29) is 11.4 Å². The maximum atomic E-state index is 12.7. The molecule has 0 saturated carbocycles. The number of hydrogen-bond donors (Lipinski definition) is 1. The summed E-state index contributed by atoms with van der Waals surface area (Å²) in [6.07, 6.45) is 4.66. The fourth-order valence-electron chi connectivity index (χ4n) is 3.70. The van der Waals surface area contributed by atoms with E-state index in [4.69, 9.17) is 10.1 Å². The lowest BCUT2D eigenvalue weighted by Gasteiger charge is -2.20. The van der Waals surface area contributed by atoms with Crippen LogP contribution >= 0.6 is 11.8 Å². The molecule has 1 amide bonds. The number of aliphatic imine (C=N–C) groups is 1. The number of rotatable bonds is 6. The lowest BCUT2D eigenvalue weighted by molar-refractivity contribution is -0.114. The molecule has 0 saturated heterocycles. The second-order valence-corrected chi connectivity index (χ2v) is 8.52. The lowest BCUT2D eigenvalue weighted by atomic mass is 10.1. The normalized spacial score (nSPS) is 17.2. The van der Waals surface area contributed by atoms with Crippen molar-refractivity contribution in [3.63, 3.8) is 0 Å². The van der Waals surface area contributed by atoms with E-state index in [0.29, 0.717) is 5.17 Å². The first kappa shape index (κ1) is 21.1. The van der Waals surface area contributed by atoms with Gasteiger partial charge < -0.3 is 9.30 Å². The number of fused-ring (bicyclic) bond motifs is 1. The van der Waals surface area contributed by atoms with Gasteiger partial charge in [-0.3, -0.25) is 10.2 Å². The van der Waals surface area contributed by atoms with E-state index in [1.54, 1.807) is 13.2 Å². The Morgan fingerprint density at radius 3 is 2.81 bits per heavy atom. The summed E-state index contributed by atoms with van der Waals surface area (Å²) in [5, 5.41) is 15.9. The summed E-state index contributed by atoms with van der Waals surface area (Å²) >= 11 is 1.38. The van der Waals surface area contributed by atoms with Crippen molar-refractivity contribution in [1.82, 2.24) is 9.58 Å². The second-order valence-electron chi connectivity index (χ2n) is 7.48. The fourth-order valence-corrected chi connectivity index (χ4v) is 4.62. The number of nitrogens with zero attached hydrogens (tertiary/aromatic N) is 4. The van der Waals surface area contributed by atoms with E-state index in [0.717, 1.165) is 52.7 Å². The molecule has 0 radical (unpaired) electrons. The molecule has 160 valence electrons. The van der Waals surface area contributed by atoms with Crippen molar-refractivity contribution in [1.29, 1.82) is 5.41 Å². The van der Waals surface area contributed by atoms with Gasteiger partial charge in [0.05, 0.1) is 12.7 Å². The first-order valence-corrected chi connectivity index (χ1v) is 11.1. The first-order chi connectivity index (χ1) is 14.9. The van der Waals surface area contributed by atoms with E-state index in [9.17, 15) is 4.79 Å². The monoisotopic (exact) mass is 435 g/mol. The SMILES string of the molecule is CCCCC1=NN2C(=N)/C(=C\c3cc(C)n(-c4cccc(OC)c4)c3C)C(=O)N=C2S1. The minimum Gasteiger partial charge on any atom is -0.497 e. The molecule has 0 aliphatic carbocycles. The molecule has 1 aromatic carbocycles. The number of aromatic nitrogens is 1. The second kappa shape index (κ2) is 8.55. The molecule has 7 nitrogen and oxygen atoms in total. The number of aryl methyl sites for hydroxylation is 1. The quantitative estimate of drug-likeness (QED) is 0.654. The van der Waals surface area contributed by atoms with E-state index in [1.807, 2.05) is 44.2 Å². The highest BCUT2D eigenvalue weighted by Gasteiger charge is 2.35. The number of carbonyl (C=O) groups excluding carboxylic acids is 1. The number of amidine groups is 2. The van der Waals surface area contributed by atoms with Gasteiger partial charge in [-0.05, 0) is 68.3 Å². The number of amides is 1. The molecule has 2 aromatic rings.